The van der Waals surface area contributed by atoms with Gasteiger partial charge in [-0.25, -0.2) is 0 Å². The molecule has 10 heteroatoms. The van der Waals surface area contributed by atoms with Gasteiger partial charge >= 0.3 is 0 Å². The zero-order valence-electron chi connectivity index (χ0n) is 29.9. The molecular formula is C39H58O10. The van der Waals surface area contributed by atoms with E-state index in [1.165, 1.54) is 0 Å². The SMILES string of the molecule is C=C1CC2CC[C@]34C[C@@H](OC)C(O3)[C@H]3CC(O4)[C@H]4OC(CCC4O3)CC(=O)CC3[C@H](CC4OC(CCC1O2)C[C@@H](C)C4=C)O[C@H](C)[C@@H]3OC. The molecule has 8 fully saturated rings. The van der Waals surface area contributed by atoms with Crippen molar-refractivity contribution < 1.29 is 47.4 Å². The summed E-state index contributed by atoms with van der Waals surface area (Å²) < 4.78 is 59.1. The Morgan fingerprint density at radius 2 is 1.49 bits per heavy atom. The molecule has 0 saturated carbocycles. The van der Waals surface area contributed by atoms with Crippen LogP contribution in [0.5, 0.6) is 0 Å². The van der Waals surface area contributed by atoms with Crippen molar-refractivity contribution >= 4 is 5.78 Å². The topological polar surface area (TPSA) is 100 Å². The van der Waals surface area contributed by atoms with Gasteiger partial charge in [-0.2, -0.15) is 0 Å². The van der Waals surface area contributed by atoms with E-state index in [9.17, 15) is 4.79 Å². The Bertz CT molecular complexity index is 1260. The molecule has 0 N–H and O–H groups in total. The van der Waals surface area contributed by atoms with Crippen molar-refractivity contribution in [2.75, 3.05) is 14.2 Å². The number of carbonyl (C=O) groups is 1. The van der Waals surface area contributed by atoms with Crippen LogP contribution in [0.4, 0.5) is 0 Å². The van der Waals surface area contributed by atoms with Gasteiger partial charge in [-0.15, -0.1) is 0 Å². The van der Waals surface area contributed by atoms with Gasteiger partial charge in [-0.1, -0.05) is 20.1 Å². The van der Waals surface area contributed by atoms with Gasteiger partial charge in [0.25, 0.3) is 0 Å². The lowest BCUT2D eigenvalue weighted by Gasteiger charge is -2.47. The van der Waals surface area contributed by atoms with Crippen molar-refractivity contribution in [2.24, 2.45) is 11.8 Å². The maximum Gasteiger partial charge on any atom is 0.172 e. The fraction of sp³-hybridized carbons (Fsp3) is 0.872. The van der Waals surface area contributed by atoms with Crippen LogP contribution < -0.4 is 0 Å². The van der Waals surface area contributed by atoms with E-state index in [0.29, 0.717) is 44.4 Å². The smallest absolute Gasteiger partial charge is 0.172 e. The van der Waals surface area contributed by atoms with Crippen LogP contribution in [0, 0.1) is 11.8 Å². The van der Waals surface area contributed by atoms with E-state index in [1.807, 2.05) is 6.92 Å². The third kappa shape index (κ3) is 6.77. The molecule has 8 aliphatic heterocycles. The predicted octanol–water partition coefficient (Wildman–Crippen LogP) is 5.39. The third-order valence-corrected chi connectivity index (χ3v) is 13.2. The van der Waals surface area contributed by atoms with Crippen LogP contribution in [-0.4, -0.2) is 111 Å². The largest absolute Gasteiger partial charge is 0.378 e. The van der Waals surface area contributed by atoms with E-state index in [1.54, 1.807) is 14.2 Å². The minimum Gasteiger partial charge on any atom is -0.378 e. The molecule has 49 heavy (non-hydrogen) atoms. The van der Waals surface area contributed by atoms with Crippen molar-refractivity contribution in [3.8, 4) is 0 Å². The fourth-order valence-corrected chi connectivity index (χ4v) is 10.6. The molecule has 8 rings (SSSR count). The highest BCUT2D eigenvalue weighted by atomic mass is 16.7. The van der Waals surface area contributed by atoms with Crippen molar-refractivity contribution in [3.63, 3.8) is 0 Å². The number of hydrogen-bond acceptors (Lipinski definition) is 10. The maximum atomic E-state index is 13.8. The Morgan fingerprint density at radius 3 is 2.31 bits per heavy atom. The molecule has 9 unspecified atom stereocenters. The van der Waals surface area contributed by atoms with E-state index < -0.39 is 5.79 Å². The first kappa shape index (κ1) is 34.9. The van der Waals surface area contributed by atoms with E-state index in [0.717, 1.165) is 56.1 Å². The molecule has 0 aromatic rings. The van der Waals surface area contributed by atoms with Gasteiger partial charge in [0.05, 0.1) is 73.2 Å². The average molecular weight is 687 g/mol. The van der Waals surface area contributed by atoms with Gasteiger partial charge in [0, 0.05) is 58.7 Å². The molecule has 8 heterocycles. The molecule has 10 nitrogen and oxygen atoms in total. The molecule has 8 saturated heterocycles. The molecular weight excluding hydrogens is 628 g/mol. The van der Waals surface area contributed by atoms with Crippen LogP contribution in [0.15, 0.2) is 24.3 Å². The number of methoxy groups -OCH3 is 2. The van der Waals surface area contributed by atoms with Crippen LogP contribution in [-0.2, 0) is 47.4 Å². The number of rotatable bonds is 2. The lowest BCUT2D eigenvalue weighted by Crippen LogP contribution is -2.58. The summed E-state index contributed by atoms with van der Waals surface area (Å²) in [4.78, 5) is 13.8. The third-order valence-electron chi connectivity index (χ3n) is 13.2. The minimum absolute atomic E-state index is 0.0136. The summed E-state index contributed by atoms with van der Waals surface area (Å²) >= 11 is 0. The van der Waals surface area contributed by atoms with Crippen molar-refractivity contribution in [2.45, 2.75) is 189 Å². The van der Waals surface area contributed by atoms with E-state index in [2.05, 4.69) is 20.1 Å². The number of Topliss-reactive ketones (excluding diaryl/α,β-unsaturated/α-hetero) is 1. The Morgan fingerprint density at radius 1 is 0.694 bits per heavy atom. The first-order chi connectivity index (χ1) is 23.6. The van der Waals surface area contributed by atoms with Gasteiger partial charge in [-0.05, 0) is 68.9 Å². The monoisotopic (exact) mass is 686 g/mol. The number of carbonyl (C=O) groups excluding carboxylic acids is 1. The molecule has 17 atom stereocenters. The highest BCUT2D eigenvalue weighted by Crippen LogP contribution is 2.49. The Hall–Kier alpha value is -1.21. The zero-order chi connectivity index (χ0) is 34.0. The number of ether oxygens (including phenoxy) is 9. The van der Waals surface area contributed by atoms with Crippen LogP contribution in [0.2, 0.25) is 0 Å². The quantitative estimate of drug-likeness (QED) is 0.352. The average Bonchev–Trinajstić information content (AvgIpc) is 3.69. The summed E-state index contributed by atoms with van der Waals surface area (Å²) in [6.07, 6.45) is 7.96. The van der Waals surface area contributed by atoms with E-state index >= 15 is 0 Å². The first-order valence-electron chi connectivity index (χ1n) is 19.2. The van der Waals surface area contributed by atoms with Crippen LogP contribution >= 0.6 is 0 Å². The van der Waals surface area contributed by atoms with Crippen molar-refractivity contribution in [1.29, 1.82) is 0 Å². The molecule has 274 valence electrons. The van der Waals surface area contributed by atoms with Gasteiger partial charge < -0.3 is 42.6 Å². The summed E-state index contributed by atoms with van der Waals surface area (Å²) in [7, 11) is 3.48. The molecule has 0 amide bonds. The number of hydrogen-bond donors (Lipinski definition) is 0. The normalized spacial score (nSPS) is 52.0. The molecule has 0 aromatic carbocycles. The van der Waals surface area contributed by atoms with Crippen molar-refractivity contribution in [3.05, 3.63) is 24.3 Å². The highest BCUT2D eigenvalue weighted by Gasteiger charge is 2.60. The zero-order valence-corrected chi connectivity index (χ0v) is 29.9. The van der Waals surface area contributed by atoms with E-state index in [4.69, 9.17) is 42.6 Å². The molecule has 0 aliphatic carbocycles. The van der Waals surface area contributed by atoms with Crippen molar-refractivity contribution in [1.82, 2.24) is 0 Å². The maximum absolute atomic E-state index is 13.8. The molecule has 10 bridgehead atoms. The summed E-state index contributed by atoms with van der Waals surface area (Å²) in [5.74, 6) is -0.330. The van der Waals surface area contributed by atoms with Gasteiger partial charge in [0.1, 0.15) is 18.0 Å². The predicted molar refractivity (Wildman–Crippen MR) is 179 cm³/mol. The van der Waals surface area contributed by atoms with Crippen LogP contribution in [0.1, 0.15) is 97.3 Å². The summed E-state index contributed by atoms with van der Waals surface area (Å²) in [5.41, 5.74) is 2.28. The van der Waals surface area contributed by atoms with Crippen LogP contribution in [0.3, 0.4) is 0 Å². The lowest BCUT2D eigenvalue weighted by molar-refractivity contribution is -0.277. The summed E-state index contributed by atoms with van der Waals surface area (Å²) in [6, 6.07) is 0. The minimum atomic E-state index is -0.790. The van der Waals surface area contributed by atoms with Gasteiger partial charge in [-0.3, -0.25) is 4.79 Å². The molecule has 0 radical (unpaired) electrons. The van der Waals surface area contributed by atoms with Crippen LogP contribution in [0.25, 0.3) is 0 Å². The van der Waals surface area contributed by atoms with Gasteiger partial charge in [0.15, 0.2) is 5.79 Å². The second-order valence-corrected chi connectivity index (χ2v) is 16.5. The Balaban J connectivity index is 1.06. The Kier molecular flexibility index (Phi) is 9.94. The molecule has 8 aliphatic rings. The first-order valence-corrected chi connectivity index (χ1v) is 19.2. The number of fused-ring (bicyclic) bond motifs is 9. The fourth-order valence-electron chi connectivity index (χ4n) is 10.6. The van der Waals surface area contributed by atoms with Gasteiger partial charge in [0.2, 0.25) is 0 Å². The summed E-state index contributed by atoms with van der Waals surface area (Å²) in [6.45, 7) is 13.2. The number of ketones is 1. The second kappa shape index (κ2) is 14.0. The standard InChI is InChI=1S/C39H58O10/c1-20-13-25-7-9-29-21(2)14-27(44-29)11-12-39-19-35(41-5)38(49-39)33-18-34(48-39)37-30(47-33)10-8-26(46-37)15-24(40)16-28-32(17-31(45-25)22(20)3)43-23(4)36(28)42-6/h20,23,25-38H,2-3,7-19H2,1,4-6H3/t20-,23-,25?,26?,27?,28?,29?,30?,31?,32+,33-,34?,35-,36+,37+,38?,39-/m1/s1. The van der Waals surface area contributed by atoms with E-state index in [-0.39, 0.29) is 97.2 Å². The molecule has 0 aromatic heterocycles. The molecule has 1 spiro atoms. The second-order valence-electron chi connectivity index (χ2n) is 16.5. The summed E-state index contributed by atoms with van der Waals surface area (Å²) in [5, 5.41) is 0. The highest BCUT2D eigenvalue weighted by molar-refractivity contribution is 5.79. The lowest BCUT2D eigenvalue weighted by atomic mass is 9.81. The Labute approximate surface area is 291 Å².